The molecule has 2 N–H and O–H groups in total. The number of benzene rings is 1. The number of pyridine rings is 1. The summed E-state index contributed by atoms with van der Waals surface area (Å²) in [6, 6.07) is 13.6. The number of rotatable bonds is 6. The van der Waals surface area contributed by atoms with Gasteiger partial charge in [0.15, 0.2) is 0 Å². The van der Waals surface area contributed by atoms with Crippen LogP contribution in [0.25, 0.3) is 11.3 Å². The summed E-state index contributed by atoms with van der Waals surface area (Å²) in [4.78, 5) is 4.63. The van der Waals surface area contributed by atoms with Gasteiger partial charge in [-0.05, 0) is 49.1 Å². The number of nitrogens with zero attached hydrogens (tertiary/aromatic N) is 4. The van der Waals surface area contributed by atoms with Gasteiger partial charge in [-0.25, -0.2) is 4.68 Å². The van der Waals surface area contributed by atoms with Crippen molar-refractivity contribution in [2.75, 3.05) is 13.2 Å². The van der Waals surface area contributed by atoms with Crippen LogP contribution in [0.2, 0.25) is 0 Å². The first-order chi connectivity index (χ1) is 14.5. The molecule has 3 heterocycles. The van der Waals surface area contributed by atoms with Crippen LogP contribution in [0.3, 0.4) is 0 Å². The second-order valence-corrected chi connectivity index (χ2v) is 8.31. The van der Waals surface area contributed by atoms with E-state index in [9.17, 15) is 5.26 Å². The van der Waals surface area contributed by atoms with Gasteiger partial charge < -0.3 is 15.2 Å². The highest BCUT2D eigenvalue weighted by Gasteiger charge is 2.34. The predicted molar refractivity (Wildman–Crippen MR) is 111 cm³/mol. The van der Waals surface area contributed by atoms with Crippen LogP contribution in [0.5, 0.6) is 11.6 Å². The standard InChI is InChI=1S/C23H23N5O2/c1-28-22(9-20(27-28)17-4-5-17)30-21-8-15(11-24)2-6-18(21)19-7-3-16(12-26-19)10-23(25)13-29-14-23/h2-3,6-9,12,17H,4-5,10,13-14,25H2,1H3. The molecule has 0 amide bonds. The van der Waals surface area contributed by atoms with E-state index < -0.39 is 0 Å². The number of aryl methyl sites for hydroxylation is 1. The molecule has 2 aromatic heterocycles. The molecule has 0 radical (unpaired) electrons. The van der Waals surface area contributed by atoms with Crippen molar-refractivity contribution in [1.29, 1.82) is 5.26 Å². The summed E-state index contributed by atoms with van der Waals surface area (Å²) in [5.74, 6) is 1.78. The van der Waals surface area contributed by atoms with E-state index in [1.54, 1.807) is 16.8 Å². The van der Waals surface area contributed by atoms with Crippen LogP contribution in [0.4, 0.5) is 0 Å². The molecule has 0 spiro atoms. The molecule has 2 fully saturated rings. The Labute approximate surface area is 175 Å². The van der Waals surface area contributed by atoms with Crippen LogP contribution in [0.1, 0.15) is 35.6 Å². The molecule has 0 bridgehead atoms. The summed E-state index contributed by atoms with van der Waals surface area (Å²) < 4.78 is 13.2. The first kappa shape index (κ1) is 18.8. The Kier molecular flexibility index (Phi) is 4.54. The SMILES string of the molecule is Cn1nc(C2CC2)cc1Oc1cc(C#N)ccc1-c1ccc(CC2(N)COC2)cn1. The summed E-state index contributed by atoms with van der Waals surface area (Å²) in [7, 11) is 1.87. The number of hydrogen-bond acceptors (Lipinski definition) is 6. The fourth-order valence-corrected chi connectivity index (χ4v) is 3.71. The van der Waals surface area contributed by atoms with Crippen molar-refractivity contribution in [2.45, 2.75) is 30.7 Å². The Balaban J connectivity index is 1.44. The topological polar surface area (TPSA) is 99.0 Å². The van der Waals surface area contributed by atoms with Gasteiger partial charge in [0.05, 0.1) is 41.8 Å². The van der Waals surface area contributed by atoms with Gasteiger partial charge in [-0.3, -0.25) is 4.98 Å². The summed E-state index contributed by atoms with van der Waals surface area (Å²) in [6.07, 6.45) is 4.94. The lowest BCUT2D eigenvalue weighted by molar-refractivity contribution is -0.0529. The number of hydrogen-bond donors (Lipinski definition) is 1. The molecule has 0 unspecified atom stereocenters. The smallest absolute Gasteiger partial charge is 0.217 e. The quantitative estimate of drug-likeness (QED) is 0.680. The zero-order valence-corrected chi connectivity index (χ0v) is 16.8. The van der Waals surface area contributed by atoms with E-state index in [0.717, 1.165) is 28.9 Å². The molecule has 1 saturated heterocycles. The summed E-state index contributed by atoms with van der Waals surface area (Å²) >= 11 is 0. The van der Waals surface area contributed by atoms with Crippen LogP contribution in [-0.4, -0.2) is 33.5 Å². The monoisotopic (exact) mass is 401 g/mol. The number of nitriles is 1. The fourth-order valence-electron chi connectivity index (χ4n) is 3.71. The van der Waals surface area contributed by atoms with Crippen LogP contribution < -0.4 is 10.5 Å². The number of aromatic nitrogens is 3. The van der Waals surface area contributed by atoms with E-state index in [1.165, 1.54) is 12.8 Å². The van der Waals surface area contributed by atoms with Crippen molar-refractivity contribution in [3.8, 4) is 29.0 Å². The Morgan fingerprint density at radius 1 is 1.27 bits per heavy atom. The van der Waals surface area contributed by atoms with Crippen molar-refractivity contribution in [2.24, 2.45) is 12.8 Å². The largest absolute Gasteiger partial charge is 0.439 e. The molecule has 7 heteroatoms. The number of nitrogens with two attached hydrogens (primary N) is 1. The fraction of sp³-hybridized carbons (Fsp3) is 0.348. The minimum atomic E-state index is -0.287. The Morgan fingerprint density at radius 2 is 2.10 bits per heavy atom. The zero-order chi connectivity index (χ0) is 20.7. The molecule has 3 aromatic rings. The Morgan fingerprint density at radius 3 is 2.73 bits per heavy atom. The van der Waals surface area contributed by atoms with Gasteiger partial charge in [-0.2, -0.15) is 10.4 Å². The lowest BCUT2D eigenvalue weighted by Gasteiger charge is -2.37. The van der Waals surface area contributed by atoms with Gasteiger partial charge in [0.1, 0.15) is 5.75 Å². The molecular weight excluding hydrogens is 378 g/mol. The van der Waals surface area contributed by atoms with E-state index in [1.807, 2.05) is 37.5 Å². The first-order valence-electron chi connectivity index (χ1n) is 10.1. The maximum atomic E-state index is 9.34. The third-order valence-electron chi connectivity index (χ3n) is 5.61. The highest BCUT2D eigenvalue weighted by molar-refractivity contribution is 5.69. The molecule has 1 aliphatic heterocycles. The molecule has 30 heavy (non-hydrogen) atoms. The predicted octanol–water partition coefficient (Wildman–Crippen LogP) is 3.29. The maximum Gasteiger partial charge on any atom is 0.217 e. The third kappa shape index (κ3) is 3.67. The van der Waals surface area contributed by atoms with Gasteiger partial charge >= 0.3 is 0 Å². The molecule has 5 rings (SSSR count). The maximum absolute atomic E-state index is 9.34. The van der Waals surface area contributed by atoms with E-state index in [-0.39, 0.29) is 5.54 Å². The second-order valence-electron chi connectivity index (χ2n) is 8.31. The average Bonchev–Trinajstić information content (AvgIpc) is 3.52. The minimum absolute atomic E-state index is 0.287. The normalized spacial score (nSPS) is 17.2. The Bertz CT molecular complexity index is 1120. The van der Waals surface area contributed by atoms with Crippen molar-refractivity contribution in [3.63, 3.8) is 0 Å². The van der Waals surface area contributed by atoms with Crippen molar-refractivity contribution >= 4 is 0 Å². The van der Waals surface area contributed by atoms with Gasteiger partial charge in [0, 0.05) is 30.8 Å². The van der Waals surface area contributed by atoms with Gasteiger partial charge in [-0.1, -0.05) is 6.07 Å². The van der Waals surface area contributed by atoms with Crippen LogP contribution >= 0.6 is 0 Å². The minimum Gasteiger partial charge on any atom is -0.439 e. The molecule has 1 saturated carbocycles. The zero-order valence-electron chi connectivity index (χ0n) is 16.8. The summed E-state index contributed by atoms with van der Waals surface area (Å²) in [5.41, 5.74) is 10.2. The molecular formula is C23H23N5O2. The molecule has 0 atom stereocenters. The average molecular weight is 401 g/mol. The lowest BCUT2D eigenvalue weighted by atomic mass is 9.91. The van der Waals surface area contributed by atoms with Gasteiger partial charge in [-0.15, -0.1) is 0 Å². The van der Waals surface area contributed by atoms with E-state index in [4.69, 9.17) is 15.2 Å². The first-order valence-corrected chi connectivity index (χ1v) is 10.1. The highest BCUT2D eigenvalue weighted by atomic mass is 16.5. The molecule has 1 aliphatic carbocycles. The molecule has 1 aromatic carbocycles. The molecule has 152 valence electrons. The van der Waals surface area contributed by atoms with Crippen LogP contribution in [0, 0.1) is 11.3 Å². The molecule has 2 aliphatic rings. The Hall–Kier alpha value is -3.21. The lowest BCUT2D eigenvalue weighted by Crippen LogP contribution is -2.58. The summed E-state index contributed by atoms with van der Waals surface area (Å²) in [5, 5.41) is 13.9. The van der Waals surface area contributed by atoms with Crippen molar-refractivity contribution in [3.05, 3.63) is 59.4 Å². The summed E-state index contributed by atoms with van der Waals surface area (Å²) in [6.45, 7) is 1.16. The van der Waals surface area contributed by atoms with Crippen LogP contribution in [0.15, 0.2) is 42.6 Å². The number of ether oxygens (including phenoxy) is 2. The van der Waals surface area contributed by atoms with Crippen molar-refractivity contribution in [1.82, 2.24) is 14.8 Å². The van der Waals surface area contributed by atoms with E-state index in [0.29, 0.717) is 36.3 Å². The van der Waals surface area contributed by atoms with Crippen LogP contribution in [-0.2, 0) is 18.2 Å². The van der Waals surface area contributed by atoms with E-state index >= 15 is 0 Å². The van der Waals surface area contributed by atoms with Gasteiger partial charge in [0.25, 0.3) is 0 Å². The van der Waals surface area contributed by atoms with E-state index in [2.05, 4.69) is 16.2 Å². The van der Waals surface area contributed by atoms with Gasteiger partial charge in [0.2, 0.25) is 5.88 Å². The third-order valence-corrected chi connectivity index (χ3v) is 5.61. The highest BCUT2D eigenvalue weighted by Crippen LogP contribution is 2.41. The second kappa shape index (κ2) is 7.24. The molecule has 7 nitrogen and oxygen atoms in total. The van der Waals surface area contributed by atoms with Crippen molar-refractivity contribution < 1.29 is 9.47 Å².